The summed E-state index contributed by atoms with van der Waals surface area (Å²) in [7, 11) is 0. The maximum atomic E-state index is 6.20. The SMILES string of the molecule is CC1Cc2c(nc3cc(-c4ccccc4)nn3c2N)O1. The lowest BCUT2D eigenvalue weighted by Crippen LogP contribution is -2.06. The highest BCUT2D eigenvalue weighted by Crippen LogP contribution is 2.32. The first-order chi connectivity index (χ1) is 9.72. The molecular weight excluding hydrogens is 252 g/mol. The summed E-state index contributed by atoms with van der Waals surface area (Å²) < 4.78 is 7.38. The molecule has 1 unspecified atom stereocenters. The van der Waals surface area contributed by atoms with Crippen molar-refractivity contribution in [1.29, 1.82) is 0 Å². The van der Waals surface area contributed by atoms with Gasteiger partial charge in [-0.25, -0.2) is 0 Å². The molecule has 0 bridgehead atoms. The van der Waals surface area contributed by atoms with Crippen molar-refractivity contribution in [2.45, 2.75) is 19.4 Å². The van der Waals surface area contributed by atoms with Crippen molar-refractivity contribution >= 4 is 11.5 Å². The molecule has 20 heavy (non-hydrogen) atoms. The van der Waals surface area contributed by atoms with E-state index in [0.29, 0.717) is 17.3 Å². The van der Waals surface area contributed by atoms with E-state index in [1.165, 1.54) is 0 Å². The van der Waals surface area contributed by atoms with Gasteiger partial charge in [0.2, 0.25) is 5.88 Å². The number of rotatable bonds is 1. The Bertz CT molecular complexity index is 794. The molecule has 0 radical (unpaired) electrons. The Kier molecular flexibility index (Phi) is 2.24. The topological polar surface area (TPSA) is 65.4 Å². The molecule has 5 heteroatoms. The molecule has 5 nitrogen and oxygen atoms in total. The fourth-order valence-electron chi connectivity index (χ4n) is 2.60. The van der Waals surface area contributed by atoms with Crippen molar-refractivity contribution < 1.29 is 4.74 Å². The first-order valence-corrected chi connectivity index (χ1v) is 6.62. The minimum absolute atomic E-state index is 0.125. The maximum absolute atomic E-state index is 6.20. The highest BCUT2D eigenvalue weighted by Gasteiger charge is 2.25. The number of fused-ring (bicyclic) bond motifs is 2. The van der Waals surface area contributed by atoms with Gasteiger partial charge < -0.3 is 10.5 Å². The molecule has 1 aromatic carbocycles. The highest BCUT2D eigenvalue weighted by molar-refractivity contribution is 5.67. The Morgan fingerprint density at radius 3 is 2.90 bits per heavy atom. The molecule has 1 aliphatic rings. The van der Waals surface area contributed by atoms with Gasteiger partial charge in [-0.2, -0.15) is 14.6 Å². The monoisotopic (exact) mass is 266 g/mol. The highest BCUT2D eigenvalue weighted by atomic mass is 16.5. The molecule has 0 aliphatic carbocycles. The molecule has 3 heterocycles. The van der Waals surface area contributed by atoms with Crippen molar-refractivity contribution in [3.63, 3.8) is 0 Å². The molecule has 1 atom stereocenters. The van der Waals surface area contributed by atoms with Crippen molar-refractivity contribution in [3.8, 4) is 17.1 Å². The van der Waals surface area contributed by atoms with Crippen LogP contribution >= 0.6 is 0 Å². The van der Waals surface area contributed by atoms with E-state index in [2.05, 4.69) is 10.1 Å². The van der Waals surface area contributed by atoms with Gasteiger partial charge in [0, 0.05) is 18.1 Å². The molecule has 2 aromatic heterocycles. The molecule has 100 valence electrons. The van der Waals surface area contributed by atoms with Crippen LogP contribution in [0.4, 0.5) is 5.82 Å². The second-order valence-corrected chi connectivity index (χ2v) is 5.08. The summed E-state index contributed by atoms with van der Waals surface area (Å²) in [5.74, 6) is 1.26. The lowest BCUT2D eigenvalue weighted by Gasteiger charge is -2.03. The van der Waals surface area contributed by atoms with Gasteiger partial charge in [-0.15, -0.1) is 0 Å². The third-order valence-electron chi connectivity index (χ3n) is 3.58. The summed E-state index contributed by atoms with van der Waals surface area (Å²) in [6.45, 7) is 2.01. The van der Waals surface area contributed by atoms with E-state index in [4.69, 9.17) is 10.5 Å². The summed E-state index contributed by atoms with van der Waals surface area (Å²) >= 11 is 0. The first-order valence-electron chi connectivity index (χ1n) is 6.62. The fraction of sp³-hybridized carbons (Fsp3) is 0.200. The van der Waals surface area contributed by atoms with Crippen LogP contribution < -0.4 is 10.5 Å². The quantitative estimate of drug-likeness (QED) is 0.734. The average molecular weight is 266 g/mol. The van der Waals surface area contributed by atoms with Gasteiger partial charge in [-0.1, -0.05) is 30.3 Å². The Balaban J connectivity index is 1.92. The standard InChI is InChI=1S/C15H14N4O/c1-9-7-11-14(16)19-13(17-15(11)20-9)8-12(18-19)10-5-3-2-4-6-10/h2-6,8-9H,7,16H2,1H3. The van der Waals surface area contributed by atoms with Gasteiger partial charge in [0.1, 0.15) is 11.9 Å². The third kappa shape index (κ3) is 1.56. The molecule has 0 fully saturated rings. The van der Waals surface area contributed by atoms with E-state index in [1.807, 2.05) is 43.3 Å². The van der Waals surface area contributed by atoms with Crippen LogP contribution in [0.5, 0.6) is 5.88 Å². The fourth-order valence-corrected chi connectivity index (χ4v) is 2.60. The lowest BCUT2D eigenvalue weighted by molar-refractivity contribution is 0.247. The summed E-state index contributed by atoms with van der Waals surface area (Å²) in [6, 6.07) is 11.9. The van der Waals surface area contributed by atoms with Crippen molar-refractivity contribution in [2.75, 3.05) is 5.73 Å². The summed E-state index contributed by atoms with van der Waals surface area (Å²) in [4.78, 5) is 4.51. The zero-order valence-corrected chi connectivity index (χ0v) is 11.1. The largest absolute Gasteiger partial charge is 0.474 e. The van der Waals surface area contributed by atoms with Crippen molar-refractivity contribution in [2.24, 2.45) is 0 Å². The molecule has 0 saturated carbocycles. The van der Waals surface area contributed by atoms with Crippen LogP contribution in [0.1, 0.15) is 12.5 Å². The Morgan fingerprint density at radius 1 is 1.30 bits per heavy atom. The van der Waals surface area contributed by atoms with Crippen molar-refractivity contribution in [3.05, 3.63) is 42.0 Å². The normalized spacial score (nSPS) is 17.1. The van der Waals surface area contributed by atoms with Gasteiger partial charge in [-0.3, -0.25) is 0 Å². The van der Waals surface area contributed by atoms with E-state index in [1.54, 1.807) is 4.52 Å². The van der Waals surface area contributed by atoms with Gasteiger partial charge >= 0.3 is 0 Å². The zero-order chi connectivity index (χ0) is 13.7. The van der Waals surface area contributed by atoms with Gasteiger partial charge in [-0.05, 0) is 6.92 Å². The summed E-state index contributed by atoms with van der Waals surface area (Å²) in [6.07, 6.45) is 0.908. The Morgan fingerprint density at radius 2 is 2.10 bits per heavy atom. The second-order valence-electron chi connectivity index (χ2n) is 5.08. The van der Waals surface area contributed by atoms with Crippen LogP contribution in [-0.2, 0) is 6.42 Å². The Labute approximate surface area is 116 Å². The molecule has 2 N–H and O–H groups in total. The molecule has 4 rings (SSSR count). The van der Waals surface area contributed by atoms with Crippen LogP contribution in [0, 0.1) is 0 Å². The van der Waals surface area contributed by atoms with Crippen molar-refractivity contribution in [1.82, 2.24) is 14.6 Å². The van der Waals surface area contributed by atoms with Gasteiger partial charge in [0.05, 0.1) is 11.3 Å². The van der Waals surface area contributed by atoms with E-state index in [0.717, 1.165) is 23.2 Å². The summed E-state index contributed by atoms with van der Waals surface area (Å²) in [5.41, 5.74) is 9.78. The number of ether oxygens (including phenoxy) is 1. The molecular formula is C15H14N4O. The molecule has 3 aromatic rings. The van der Waals surface area contributed by atoms with Gasteiger partial charge in [0.15, 0.2) is 5.65 Å². The van der Waals surface area contributed by atoms with Crippen LogP contribution in [0.3, 0.4) is 0 Å². The maximum Gasteiger partial charge on any atom is 0.222 e. The van der Waals surface area contributed by atoms with Crippen LogP contribution in [0.2, 0.25) is 0 Å². The zero-order valence-electron chi connectivity index (χ0n) is 11.1. The molecule has 1 aliphatic heterocycles. The predicted octanol–water partition coefficient (Wildman–Crippen LogP) is 2.30. The average Bonchev–Trinajstić information content (AvgIpc) is 3.03. The van der Waals surface area contributed by atoms with Crippen LogP contribution in [0.25, 0.3) is 16.9 Å². The second kappa shape index (κ2) is 3.96. The first kappa shape index (κ1) is 11.3. The number of nitrogens with two attached hydrogens (primary N) is 1. The van der Waals surface area contributed by atoms with E-state index in [-0.39, 0.29) is 6.10 Å². The Hall–Kier alpha value is -2.56. The lowest BCUT2D eigenvalue weighted by atomic mass is 10.1. The number of aromatic nitrogens is 3. The molecule has 0 amide bonds. The third-order valence-corrected chi connectivity index (χ3v) is 3.58. The number of nitrogens with zero attached hydrogens (tertiary/aromatic N) is 3. The van der Waals surface area contributed by atoms with Crippen LogP contribution in [0.15, 0.2) is 36.4 Å². The van der Waals surface area contributed by atoms with E-state index >= 15 is 0 Å². The predicted molar refractivity (Wildman–Crippen MR) is 76.6 cm³/mol. The minimum atomic E-state index is 0.125. The van der Waals surface area contributed by atoms with Gasteiger partial charge in [0.25, 0.3) is 0 Å². The van der Waals surface area contributed by atoms with E-state index in [9.17, 15) is 0 Å². The number of hydrogen-bond acceptors (Lipinski definition) is 4. The molecule has 0 spiro atoms. The van der Waals surface area contributed by atoms with Crippen LogP contribution in [-0.4, -0.2) is 20.7 Å². The molecule has 0 saturated heterocycles. The number of nitrogen functional groups attached to an aromatic ring is 1. The number of anilines is 1. The smallest absolute Gasteiger partial charge is 0.222 e. The summed E-state index contributed by atoms with van der Waals surface area (Å²) in [5, 5.41) is 4.56. The number of benzene rings is 1. The minimum Gasteiger partial charge on any atom is -0.474 e. The number of hydrogen-bond donors (Lipinski definition) is 1. The van der Waals surface area contributed by atoms with E-state index < -0.39 is 0 Å².